The van der Waals surface area contributed by atoms with E-state index in [0.29, 0.717) is 47.6 Å². The molecular weight excluding hydrogens is 486 g/mol. The lowest BCUT2D eigenvalue weighted by Gasteiger charge is -2.17. The molecule has 7 nitrogen and oxygen atoms in total. The van der Waals surface area contributed by atoms with Crippen molar-refractivity contribution in [2.75, 3.05) is 22.9 Å². The summed E-state index contributed by atoms with van der Waals surface area (Å²) in [5.41, 5.74) is 1.94. The fourth-order valence-electron chi connectivity index (χ4n) is 4.22. The second-order valence-electron chi connectivity index (χ2n) is 9.52. The molecule has 192 valence electrons. The number of rotatable bonds is 4. The van der Waals surface area contributed by atoms with Gasteiger partial charge in [0.15, 0.2) is 15.7 Å². The van der Waals surface area contributed by atoms with E-state index >= 15 is 0 Å². The Hall–Kier alpha value is -3.27. The largest absolute Gasteiger partial charge is 0.491 e. The lowest BCUT2D eigenvalue weighted by atomic mass is 10.1. The summed E-state index contributed by atoms with van der Waals surface area (Å²) in [5, 5.41) is 6.22. The maximum Gasteiger partial charge on any atom is 0.227 e. The van der Waals surface area contributed by atoms with Crippen molar-refractivity contribution in [3.05, 3.63) is 59.8 Å². The number of aromatic nitrogens is 2. The van der Waals surface area contributed by atoms with E-state index in [4.69, 9.17) is 4.74 Å². The fourth-order valence-corrected chi connectivity index (χ4v) is 6.03. The van der Waals surface area contributed by atoms with Gasteiger partial charge in [0.25, 0.3) is 0 Å². The van der Waals surface area contributed by atoms with Crippen molar-refractivity contribution in [2.45, 2.75) is 45.5 Å². The minimum Gasteiger partial charge on any atom is -0.491 e. The molecule has 2 aromatic carbocycles. The zero-order chi connectivity index (χ0) is 25.9. The number of sulfone groups is 1. The van der Waals surface area contributed by atoms with Crippen LogP contribution in [0.5, 0.6) is 5.75 Å². The van der Waals surface area contributed by atoms with Crippen molar-refractivity contribution in [3.8, 4) is 17.0 Å². The number of hydrogen-bond donors (Lipinski definition) is 2. The maximum atomic E-state index is 14.8. The van der Waals surface area contributed by atoms with Gasteiger partial charge in [0.1, 0.15) is 17.3 Å². The van der Waals surface area contributed by atoms with Gasteiger partial charge in [0, 0.05) is 29.5 Å². The lowest BCUT2D eigenvalue weighted by Crippen LogP contribution is -2.15. The van der Waals surface area contributed by atoms with Crippen molar-refractivity contribution in [2.24, 2.45) is 5.92 Å². The standard InChI is InChI=1S/C26H30F2N4O3S/c1-16(2)14-36(33,34)15-18-9-20-12-21(10-18)35-17(3)5-4-8-29-24-11-19(27)6-7-22(24)25-23(28)13-30-26(31-20)32-25/h6-7,9-13,16-17,29H,4-5,8,14-15H2,1-3H3,(H,30,31,32). The minimum absolute atomic E-state index is 0.0116. The number of anilines is 3. The van der Waals surface area contributed by atoms with E-state index in [9.17, 15) is 17.2 Å². The molecular formula is C26H30F2N4O3S. The third kappa shape index (κ3) is 6.69. The van der Waals surface area contributed by atoms with Crippen LogP contribution in [0.3, 0.4) is 0 Å². The van der Waals surface area contributed by atoms with Gasteiger partial charge in [0.2, 0.25) is 5.95 Å². The Bertz CT molecular complexity index is 1350. The van der Waals surface area contributed by atoms with E-state index in [0.717, 1.165) is 6.20 Å². The molecule has 1 atom stereocenters. The van der Waals surface area contributed by atoms with Crippen LogP contribution in [-0.4, -0.2) is 36.8 Å². The summed E-state index contributed by atoms with van der Waals surface area (Å²) < 4.78 is 60.2. The van der Waals surface area contributed by atoms with Gasteiger partial charge in [-0.3, -0.25) is 0 Å². The molecule has 0 fully saturated rings. The number of fused-ring (bicyclic) bond motifs is 6. The molecule has 36 heavy (non-hydrogen) atoms. The van der Waals surface area contributed by atoms with Crippen LogP contribution < -0.4 is 15.4 Å². The zero-order valence-electron chi connectivity index (χ0n) is 20.5. The van der Waals surface area contributed by atoms with E-state index in [-0.39, 0.29) is 35.2 Å². The van der Waals surface area contributed by atoms with E-state index < -0.39 is 21.5 Å². The van der Waals surface area contributed by atoms with Crippen molar-refractivity contribution in [3.63, 3.8) is 0 Å². The molecule has 0 aliphatic carbocycles. The Morgan fingerprint density at radius 2 is 1.97 bits per heavy atom. The summed E-state index contributed by atoms with van der Waals surface area (Å²) in [6.45, 7) is 6.18. The minimum atomic E-state index is -3.33. The molecule has 4 bridgehead atoms. The first-order valence-corrected chi connectivity index (χ1v) is 13.7. The molecule has 1 aliphatic heterocycles. The van der Waals surface area contributed by atoms with Crippen LogP contribution in [0.2, 0.25) is 0 Å². The molecule has 0 radical (unpaired) electrons. The second-order valence-corrected chi connectivity index (χ2v) is 11.6. The van der Waals surface area contributed by atoms with Gasteiger partial charge in [-0.05, 0) is 61.6 Å². The zero-order valence-corrected chi connectivity index (χ0v) is 21.3. The second kappa shape index (κ2) is 10.8. The van der Waals surface area contributed by atoms with Crippen LogP contribution in [-0.2, 0) is 15.6 Å². The highest BCUT2D eigenvalue weighted by Gasteiger charge is 2.18. The topological polar surface area (TPSA) is 93.2 Å². The molecule has 1 aromatic heterocycles. The van der Waals surface area contributed by atoms with Crippen molar-refractivity contribution in [1.29, 1.82) is 0 Å². The Labute approximate surface area is 210 Å². The summed E-state index contributed by atoms with van der Waals surface area (Å²) in [4.78, 5) is 8.40. The van der Waals surface area contributed by atoms with Gasteiger partial charge in [0.05, 0.1) is 23.8 Å². The molecule has 3 aromatic rings. The molecule has 2 heterocycles. The number of nitrogens with zero attached hydrogens (tertiary/aromatic N) is 2. The molecule has 10 heteroatoms. The summed E-state index contributed by atoms with van der Waals surface area (Å²) in [5.74, 6) is -0.517. The number of hydrogen-bond acceptors (Lipinski definition) is 7. The predicted molar refractivity (Wildman–Crippen MR) is 137 cm³/mol. The summed E-state index contributed by atoms with van der Waals surface area (Å²) in [6, 6.07) is 9.22. The van der Waals surface area contributed by atoms with E-state index in [1.807, 2.05) is 20.8 Å². The van der Waals surface area contributed by atoms with Crippen LogP contribution in [0.25, 0.3) is 11.3 Å². The van der Waals surface area contributed by atoms with E-state index in [1.165, 1.54) is 18.2 Å². The molecule has 0 amide bonds. The Kier molecular flexibility index (Phi) is 7.73. The van der Waals surface area contributed by atoms with Crippen LogP contribution >= 0.6 is 0 Å². The fraction of sp³-hybridized carbons (Fsp3) is 0.385. The monoisotopic (exact) mass is 516 g/mol. The van der Waals surface area contributed by atoms with Crippen LogP contribution in [0.4, 0.5) is 26.1 Å². The first-order chi connectivity index (χ1) is 17.1. The number of halogens is 2. The van der Waals surface area contributed by atoms with Crippen molar-refractivity contribution in [1.82, 2.24) is 9.97 Å². The lowest BCUT2D eigenvalue weighted by molar-refractivity contribution is 0.209. The first kappa shape index (κ1) is 25.8. The Morgan fingerprint density at radius 1 is 1.17 bits per heavy atom. The van der Waals surface area contributed by atoms with Gasteiger partial charge < -0.3 is 15.4 Å². The third-order valence-electron chi connectivity index (χ3n) is 5.62. The van der Waals surface area contributed by atoms with Crippen LogP contribution in [0, 0.1) is 17.6 Å². The number of ether oxygens (including phenoxy) is 1. The first-order valence-electron chi connectivity index (χ1n) is 11.9. The molecule has 0 saturated carbocycles. The van der Waals surface area contributed by atoms with E-state index in [2.05, 4.69) is 20.6 Å². The predicted octanol–water partition coefficient (Wildman–Crippen LogP) is 5.71. The molecule has 4 rings (SSSR count). The molecule has 0 spiro atoms. The highest BCUT2D eigenvalue weighted by Crippen LogP contribution is 2.32. The summed E-state index contributed by atoms with van der Waals surface area (Å²) >= 11 is 0. The molecule has 2 N–H and O–H groups in total. The summed E-state index contributed by atoms with van der Waals surface area (Å²) in [7, 11) is -3.33. The molecule has 1 unspecified atom stereocenters. The number of nitrogens with one attached hydrogen (secondary N) is 2. The average Bonchev–Trinajstić information content (AvgIpc) is 2.76. The maximum absolute atomic E-state index is 14.8. The van der Waals surface area contributed by atoms with Crippen LogP contribution in [0.15, 0.2) is 42.6 Å². The van der Waals surface area contributed by atoms with Gasteiger partial charge in [-0.1, -0.05) is 13.8 Å². The smallest absolute Gasteiger partial charge is 0.227 e. The van der Waals surface area contributed by atoms with Gasteiger partial charge in [-0.15, -0.1) is 0 Å². The summed E-state index contributed by atoms with van der Waals surface area (Å²) in [6.07, 6.45) is 2.29. The van der Waals surface area contributed by atoms with Crippen LogP contribution in [0.1, 0.15) is 39.2 Å². The third-order valence-corrected chi connectivity index (χ3v) is 7.56. The van der Waals surface area contributed by atoms with Gasteiger partial charge in [-0.2, -0.15) is 0 Å². The highest BCUT2D eigenvalue weighted by molar-refractivity contribution is 7.90. The van der Waals surface area contributed by atoms with E-state index in [1.54, 1.807) is 18.2 Å². The van der Waals surface area contributed by atoms with Gasteiger partial charge >= 0.3 is 0 Å². The van der Waals surface area contributed by atoms with Crippen molar-refractivity contribution >= 4 is 27.2 Å². The number of benzene rings is 2. The Balaban J connectivity index is 1.76. The Morgan fingerprint density at radius 3 is 2.75 bits per heavy atom. The van der Waals surface area contributed by atoms with Crippen molar-refractivity contribution < 1.29 is 21.9 Å². The molecule has 1 aliphatic rings. The quantitative estimate of drug-likeness (QED) is 0.459. The normalized spacial score (nSPS) is 16.1. The highest BCUT2D eigenvalue weighted by atomic mass is 32.2. The molecule has 0 saturated heterocycles. The van der Waals surface area contributed by atoms with Gasteiger partial charge in [-0.25, -0.2) is 27.2 Å². The average molecular weight is 517 g/mol. The SMILES string of the molecule is CC(C)CS(=O)(=O)Cc1cc2cc(c1)OC(C)CCCNc1cc(F)ccc1-c1nc(ncc1F)N2.